The second-order valence-electron chi connectivity index (χ2n) is 5.26. The summed E-state index contributed by atoms with van der Waals surface area (Å²) < 4.78 is 28.3. The lowest BCUT2D eigenvalue weighted by atomic mass is 10.2. The number of ether oxygens (including phenoxy) is 2. The first kappa shape index (κ1) is 17.4. The van der Waals surface area contributed by atoms with Gasteiger partial charge in [-0.05, 0) is 36.4 Å². The average Bonchev–Trinajstić information content (AvgIpc) is 3.15. The van der Waals surface area contributed by atoms with Gasteiger partial charge in [-0.3, -0.25) is 4.79 Å². The summed E-state index contributed by atoms with van der Waals surface area (Å²) in [6, 6.07) is 12.6. The highest BCUT2D eigenvalue weighted by Crippen LogP contribution is 2.21. The van der Waals surface area contributed by atoms with Crippen LogP contribution >= 0.6 is 0 Å². The monoisotopic (exact) mass is 357 g/mol. The first-order chi connectivity index (χ1) is 12.6. The van der Waals surface area contributed by atoms with Crippen molar-refractivity contribution in [3.05, 3.63) is 60.2 Å². The topological polar surface area (TPSA) is 86.5 Å². The average molecular weight is 357 g/mol. The molecule has 0 atom stereocenters. The van der Waals surface area contributed by atoms with Gasteiger partial charge in [-0.2, -0.15) is 4.98 Å². The SMILES string of the molecule is COc1cccc(-c2noc(CNC(=O)COc3ccc(F)cc3)n2)c1. The van der Waals surface area contributed by atoms with Gasteiger partial charge in [0.25, 0.3) is 5.91 Å². The molecule has 7 nitrogen and oxygen atoms in total. The van der Waals surface area contributed by atoms with E-state index in [1.807, 2.05) is 18.2 Å². The lowest BCUT2D eigenvalue weighted by molar-refractivity contribution is -0.123. The Morgan fingerprint density at radius 1 is 1.19 bits per heavy atom. The molecule has 0 unspecified atom stereocenters. The van der Waals surface area contributed by atoms with Crippen LogP contribution in [0.15, 0.2) is 53.1 Å². The third-order valence-electron chi connectivity index (χ3n) is 3.42. The number of hydrogen-bond acceptors (Lipinski definition) is 6. The predicted octanol–water partition coefficient (Wildman–Crippen LogP) is 2.58. The van der Waals surface area contributed by atoms with Crippen LogP contribution in [0, 0.1) is 5.82 Å². The molecule has 0 spiro atoms. The largest absolute Gasteiger partial charge is 0.497 e. The van der Waals surface area contributed by atoms with E-state index in [1.54, 1.807) is 13.2 Å². The first-order valence-electron chi connectivity index (χ1n) is 7.76. The van der Waals surface area contributed by atoms with Gasteiger partial charge in [-0.25, -0.2) is 4.39 Å². The van der Waals surface area contributed by atoms with E-state index in [9.17, 15) is 9.18 Å². The van der Waals surface area contributed by atoms with Gasteiger partial charge in [0, 0.05) is 5.56 Å². The molecule has 1 N–H and O–H groups in total. The van der Waals surface area contributed by atoms with E-state index < -0.39 is 0 Å². The summed E-state index contributed by atoms with van der Waals surface area (Å²) in [5.74, 6) is 1.01. The summed E-state index contributed by atoms with van der Waals surface area (Å²) in [6.07, 6.45) is 0. The lowest BCUT2D eigenvalue weighted by Gasteiger charge is -2.05. The molecule has 134 valence electrons. The van der Waals surface area contributed by atoms with Crippen LogP contribution in [0.4, 0.5) is 4.39 Å². The Bertz CT molecular complexity index is 880. The van der Waals surface area contributed by atoms with Crippen molar-refractivity contribution in [2.75, 3.05) is 13.7 Å². The number of nitrogens with one attached hydrogen (secondary N) is 1. The molecule has 0 bridgehead atoms. The normalized spacial score (nSPS) is 10.4. The number of rotatable bonds is 7. The Morgan fingerprint density at radius 3 is 2.77 bits per heavy atom. The minimum Gasteiger partial charge on any atom is -0.497 e. The Balaban J connectivity index is 1.51. The molecule has 0 fully saturated rings. The van der Waals surface area contributed by atoms with Crippen LogP contribution in [0.1, 0.15) is 5.89 Å². The third-order valence-corrected chi connectivity index (χ3v) is 3.42. The highest BCUT2D eigenvalue weighted by atomic mass is 19.1. The van der Waals surface area contributed by atoms with Gasteiger partial charge < -0.3 is 19.3 Å². The molecule has 0 aliphatic carbocycles. The maximum Gasteiger partial charge on any atom is 0.258 e. The number of nitrogens with zero attached hydrogens (tertiary/aromatic N) is 2. The first-order valence-corrected chi connectivity index (χ1v) is 7.76. The van der Waals surface area contributed by atoms with Crippen molar-refractivity contribution >= 4 is 5.91 Å². The summed E-state index contributed by atoms with van der Waals surface area (Å²) in [7, 11) is 1.57. The number of benzene rings is 2. The summed E-state index contributed by atoms with van der Waals surface area (Å²) in [5, 5.41) is 6.49. The summed E-state index contributed by atoms with van der Waals surface area (Å²) in [5.41, 5.74) is 0.741. The fraction of sp³-hybridized carbons (Fsp3) is 0.167. The van der Waals surface area contributed by atoms with Crippen molar-refractivity contribution in [1.29, 1.82) is 0 Å². The van der Waals surface area contributed by atoms with Crippen molar-refractivity contribution in [3.8, 4) is 22.9 Å². The van der Waals surface area contributed by atoms with Crippen LogP contribution in [-0.2, 0) is 11.3 Å². The molecule has 1 amide bonds. The van der Waals surface area contributed by atoms with E-state index in [0.717, 1.165) is 5.56 Å². The Hall–Kier alpha value is -3.42. The van der Waals surface area contributed by atoms with Crippen LogP contribution in [0.2, 0.25) is 0 Å². The third kappa shape index (κ3) is 4.56. The number of hydrogen-bond donors (Lipinski definition) is 1. The Morgan fingerprint density at radius 2 is 2.00 bits per heavy atom. The van der Waals surface area contributed by atoms with Crippen LogP contribution in [0.5, 0.6) is 11.5 Å². The maximum absolute atomic E-state index is 12.8. The fourth-order valence-corrected chi connectivity index (χ4v) is 2.11. The summed E-state index contributed by atoms with van der Waals surface area (Å²) in [4.78, 5) is 16.0. The highest BCUT2D eigenvalue weighted by molar-refractivity contribution is 5.77. The number of methoxy groups -OCH3 is 1. The van der Waals surface area contributed by atoms with E-state index in [2.05, 4.69) is 15.5 Å². The zero-order valence-corrected chi connectivity index (χ0v) is 13.9. The maximum atomic E-state index is 12.8. The molecule has 26 heavy (non-hydrogen) atoms. The van der Waals surface area contributed by atoms with Crippen LogP contribution in [-0.4, -0.2) is 29.8 Å². The van der Waals surface area contributed by atoms with Crippen LogP contribution in [0.25, 0.3) is 11.4 Å². The molecule has 0 saturated carbocycles. The van der Waals surface area contributed by atoms with Crippen LogP contribution < -0.4 is 14.8 Å². The Labute approximate surface area is 148 Å². The van der Waals surface area contributed by atoms with E-state index >= 15 is 0 Å². The number of carbonyl (C=O) groups is 1. The van der Waals surface area contributed by atoms with Gasteiger partial charge in [0.05, 0.1) is 13.7 Å². The zero-order chi connectivity index (χ0) is 18.4. The molecule has 2 aromatic carbocycles. The van der Waals surface area contributed by atoms with Crippen molar-refractivity contribution in [1.82, 2.24) is 15.5 Å². The Kier molecular flexibility index (Phi) is 5.43. The minimum absolute atomic E-state index is 0.0720. The molecule has 0 saturated heterocycles. The van der Waals surface area contributed by atoms with Crippen molar-refractivity contribution in [2.24, 2.45) is 0 Å². The second-order valence-corrected chi connectivity index (χ2v) is 5.26. The van der Waals surface area contributed by atoms with Crippen molar-refractivity contribution in [3.63, 3.8) is 0 Å². The van der Waals surface area contributed by atoms with Gasteiger partial charge >= 0.3 is 0 Å². The number of halogens is 1. The van der Waals surface area contributed by atoms with E-state index in [4.69, 9.17) is 14.0 Å². The minimum atomic E-state index is -0.370. The quantitative estimate of drug-likeness (QED) is 0.699. The summed E-state index contributed by atoms with van der Waals surface area (Å²) in [6.45, 7) is -0.134. The van der Waals surface area contributed by atoms with E-state index in [-0.39, 0.29) is 30.8 Å². The molecular weight excluding hydrogens is 341 g/mol. The van der Waals surface area contributed by atoms with Gasteiger partial charge in [0.2, 0.25) is 11.7 Å². The number of carbonyl (C=O) groups excluding carboxylic acids is 1. The number of amides is 1. The summed E-state index contributed by atoms with van der Waals surface area (Å²) >= 11 is 0. The van der Waals surface area contributed by atoms with Crippen molar-refractivity contribution < 1.29 is 23.2 Å². The van der Waals surface area contributed by atoms with Gasteiger partial charge in [-0.15, -0.1) is 0 Å². The van der Waals surface area contributed by atoms with Gasteiger partial charge in [-0.1, -0.05) is 17.3 Å². The molecule has 0 aliphatic heterocycles. The standard InChI is InChI=1S/C18H16FN3O4/c1-24-15-4-2-3-12(9-15)18-21-17(26-22-18)10-20-16(23)11-25-14-7-5-13(19)6-8-14/h2-9H,10-11H2,1H3,(H,20,23). The van der Waals surface area contributed by atoms with Gasteiger partial charge in [0.1, 0.15) is 17.3 Å². The molecular formula is C18H16FN3O4. The number of aromatic nitrogens is 2. The molecule has 1 heterocycles. The molecule has 8 heteroatoms. The molecule has 1 aromatic heterocycles. The molecule has 0 radical (unpaired) electrons. The zero-order valence-electron chi connectivity index (χ0n) is 13.9. The van der Waals surface area contributed by atoms with Crippen molar-refractivity contribution in [2.45, 2.75) is 6.54 Å². The van der Waals surface area contributed by atoms with E-state index in [0.29, 0.717) is 17.3 Å². The molecule has 0 aliphatic rings. The second kappa shape index (κ2) is 8.11. The van der Waals surface area contributed by atoms with E-state index in [1.165, 1.54) is 24.3 Å². The molecule has 3 rings (SSSR count). The smallest absolute Gasteiger partial charge is 0.258 e. The predicted molar refractivity (Wildman–Crippen MR) is 90.0 cm³/mol. The van der Waals surface area contributed by atoms with Gasteiger partial charge in [0.15, 0.2) is 6.61 Å². The molecule has 3 aromatic rings. The lowest BCUT2D eigenvalue weighted by Crippen LogP contribution is -2.28. The highest BCUT2D eigenvalue weighted by Gasteiger charge is 2.11. The fourth-order valence-electron chi connectivity index (χ4n) is 2.11. The van der Waals surface area contributed by atoms with Crippen LogP contribution in [0.3, 0.4) is 0 Å².